The lowest BCUT2D eigenvalue weighted by Gasteiger charge is -2.34. The van der Waals surface area contributed by atoms with Crippen LogP contribution in [0.25, 0.3) is 0 Å². The molecule has 1 saturated heterocycles. The summed E-state index contributed by atoms with van der Waals surface area (Å²) >= 11 is 4.88. The Morgan fingerprint density at radius 1 is 1.44 bits per heavy atom. The Bertz CT molecular complexity index is 450. The Morgan fingerprint density at radius 3 is 2.61 bits per heavy atom. The van der Waals surface area contributed by atoms with Gasteiger partial charge in [-0.3, -0.25) is 14.4 Å². The second-order valence-corrected chi connectivity index (χ2v) is 4.90. The number of nitrogens with zero attached hydrogens (tertiary/aromatic N) is 4. The topological polar surface area (TPSA) is 67.4 Å². The number of amides is 1. The molecule has 2 rings (SSSR count). The van der Waals surface area contributed by atoms with Crippen molar-refractivity contribution in [3.8, 4) is 0 Å². The number of piperazine rings is 1. The fourth-order valence-electron chi connectivity index (χ4n) is 2.08. The quantitative estimate of drug-likeness (QED) is 0.745. The van der Waals surface area contributed by atoms with Crippen molar-refractivity contribution in [1.82, 2.24) is 19.6 Å². The Labute approximate surface area is 111 Å². The van der Waals surface area contributed by atoms with Crippen LogP contribution in [-0.4, -0.2) is 63.2 Å². The third kappa shape index (κ3) is 2.85. The maximum Gasteiger partial charge on any atom is 0.272 e. The largest absolute Gasteiger partial charge is 0.392 e. The standard InChI is InChI=1S/C11H17N5OS/c1-14-9(2-3-13-14)11(17)16-6-4-15(5-7-16)8-10(12)18/h2-3H,4-8H2,1H3,(H2,12,18). The SMILES string of the molecule is Cn1nccc1C(=O)N1CCN(CC(N)=S)CC1. The molecule has 1 aromatic heterocycles. The highest BCUT2D eigenvalue weighted by atomic mass is 32.1. The molecule has 0 aromatic carbocycles. The van der Waals surface area contributed by atoms with E-state index in [9.17, 15) is 4.79 Å². The van der Waals surface area contributed by atoms with E-state index in [0.29, 0.717) is 30.3 Å². The summed E-state index contributed by atoms with van der Waals surface area (Å²) in [5.41, 5.74) is 6.14. The van der Waals surface area contributed by atoms with Gasteiger partial charge in [0.15, 0.2) is 0 Å². The normalized spacial score (nSPS) is 16.8. The van der Waals surface area contributed by atoms with E-state index in [2.05, 4.69) is 10.00 Å². The van der Waals surface area contributed by atoms with Crippen molar-refractivity contribution in [2.45, 2.75) is 0 Å². The van der Waals surface area contributed by atoms with Gasteiger partial charge in [-0.1, -0.05) is 12.2 Å². The molecule has 1 aliphatic rings. The van der Waals surface area contributed by atoms with Gasteiger partial charge in [-0.15, -0.1) is 0 Å². The number of nitrogens with two attached hydrogens (primary N) is 1. The van der Waals surface area contributed by atoms with E-state index in [4.69, 9.17) is 18.0 Å². The van der Waals surface area contributed by atoms with E-state index >= 15 is 0 Å². The van der Waals surface area contributed by atoms with Gasteiger partial charge in [0.2, 0.25) is 0 Å². The molecule has 0 unspecified atom stereocenters. The summed E-state index contributed by atoms with van der Waals surface area (Å²) in [6, 6.07) is 1.74. The fourth-order valence-corrected chi connectivity index (χ4v) is 2.26. The van der Waals surface area contributed by atoms with Gasteiger partial charge in [0.25, 0.3) is 5.91 Å². The van der Waals surface area contributed by atoms with E-state index in [1.54, 1.807) is 24.0 Å². The van der Waals surface area contributed by atoms with Crippen LogP contribution in [0.5, 0.6) is 0 Å². The average molecular weight is 267 g/mol. The monoisotopic (exact) mass is 267 g/mol. The zero-order valence-electron chi connectivity index (χ0n) is 10.4. The smallest absolute Gasteiger partial charge is 0.272 e. The highest BCUT2D eigenvalue weighted by Crippen LogP contribution is 2.07. The maximum atomic E-state index is 12.2. The number of aromatic nitrogens is 2. The molecule has 2 heterocycles. The molecular weight excluding hydrogens is 250 g/mol. The van der Waals surface area contributed by atoms with Crippen LogP contribution in [0.1, 0.15) is 10.5 Å². The van der Waals surface area contributed by atoms with E-state index < -0.39 is 0 Å². The molecule has 1 aliphatic heterocycles. The first-order chi connectivity index (χ1) is 8.58. The summed E-state index contributed by atoms with van der Waals surface area (Å²) in [5, 5.41) is 4.01. The molecule has 0 radical (unpaired) electrons. The summed E-state index contributed by atoms with van der Waals surface area (Å²) < 4.78 is 1.60. The molecule has 6 nitrogen and oxygen atoms in total. The first-order valence-electron chi connectivity index (χ1n) is 5.86. The molecule has 0 bridgehead atoms. The van der Waals surface area contributed by atoms with Crippen LogP contribution >= 0.6 is 12.2 Å². The van der Waals surface area contributed by atoms with Crippen LogP contribution < -0.4 is 5.73 Å². The van der Waals surface area contributed by atoms with Crippen molar-refractivity contribution >= 4 is 23.1 Å². The average Bonchev–Trinajstić information content (AvgIpc) is 2.75. The third-order valence-corrected chi connectivity index (χ3v) is 3.21. The summed E-state index contributed by atoms with van der Waals surface area (Å²) in [5.74, 6) is 0.0324. The Morgan fingerprint density at radius 2 is 2.11 bits per heavy atom. The van der Waals surface area contributed by atoms with Crippen molar-refractivity contribution in [1.29, 1.82) is 0 Å². The summed E-state index contributed by atoms with van der Waals surface area (Å²) in [6.45, 7) is 3.64. The molecule has 0 aliphatic carbocycles. The number of carbonyl (C=O) groups is 1. The molecule has 18 heavy (non-hydrogen) atoms. The molecule has 1 amide bonds. The van der Waals surface area contributed by atoms with Crippen LogP contribution in [0.3, 0.4) is 0 Å². The first-order valence-corrected chi connectivity index (χ1v) is 6.26. The summed E-state index contributed by atoms with van der Waals surface area (Å²) in [7, 11) is 1.77. The van der Waals surface area contributed by atoms with Gasteiger partial charge in [0.05, 0.1) is 4.99 Å². The third-order valence-electron chi connectivity index (χ3n) is 3.08. The first kappa shape index (κ1) is 13.0. The van der Waals surface area contributed by atoms with Crippen LogP contribution in [-0.2, 0) is 7.05 Å². The highest BCUT2D eigenvalue weighted by molar-refractivity contribution is 7.80. The molecule has 2 N–H and O–H groups in total. The fraction of sp³-hybridized carbons (Fsp3) is 0.545. The lowest BCUT2D eigenvalue weighted by molar-refractivity contribution is 0.0643. The van der Waals surface area contributed by atoms with Crippen molar-refractivity contribution in [2.24, 2.45) is 12.8 Å². The lowest BCUT2D eigenvalue weighted by Crippen LogP contribution is -2.50. The number of hydrogen-bond donors (Lipinski definition) is 1. The van der Waals surface area contributed by atoms with Crippen LogP contribution in [0.2, 0.25) is 0 Å². The van der Waals surface area contributed by atoms with Gasteiger partial charge < -0.3 is 10.6 Å². The van der Waals surface area contributed by atoms with Gasteiger partial charge in [-0.2, -0.15) is 5.10 Å². The minimum Gasteiger partial charge on any atom is -0.392 e. The molecule has 98 valence electrons. The zero-order valence-corrected chi connectivity index (χ0v) is 11.2. The second-order valence-electron chi connectivity index (χ2n) is 4.37. The van der Waals surface area contributed by atoms with Gasteiger partial charge >= 0.3 is 0 Å². The Hall–Kier alpha value is -1.47. The van der Waals surface area contributed by atoms with Crippen LogP contribution in [0.15, 0.2) is 12.3 Å². The molecule has 1 aromatic rings. The van der Waals surface area contributed by atoms with Crippen LogP contribution in [0, 0.1) is 0 Å². The number of carbonyl (C=O) groups excluding carboxylic acids is 1. The molecule has 0 atom stereocenters. The number of thiocarbonyl (C=S) groups is 1. The van der Waals surface area contributed by atoms with Gasteiger partial charge in [-0.25, -0.2) is 0 Å². The Balaban J connectivity index is 1.92. The van der Waals surface area contributed by atoms with E-state index in [1.807, 2.05) is 4.90 Å². The van der Waals surface area contributed by atoms with Crippen molar-refractivity contribution in [2.75, 3.05) is 32.7 Å². The number of aryl methyl sites for hydroxylation is 1. The summed E-state index contributed by atoms with van der Waals surface area (Å²) in [6.07, 6.45) is 1.64. The van der Waals surface area contributed by atoms with E-state index in [1.165, 1.54) is 0 Å². The number of rotatable bonds is 3. The van der Waals surface area contributed by atoms with Crippen molar-refractivity contribution in [3.05, 3.63) is 18.0 Å². The van der Waals surface area contributed by atoms with Gasteiger partial charge in [0, 0.05) is 46.0 Å². The molecule has 0 spiro atoms. The summed E-state index contributed by atoms with van der Waals surface area (Å²) in [4.78, 5) is 16.7. The zero-order chi connectivity index (χ0) is 13.1. The van der Waals surface area contributed by atoms with Gasteiger partial charge in [0.1, 0.15) is 5.69 Å². The van der Waals surface area contributed by atoms with Gasteiger partial charge in [-0.05, 0) is 6.07 Å². The predicted octanol–water partition coefficient (Wildman–Crippen LogP) is -0.536. The minimum atomic E-state index is 0.0324. The molecule has 7 heteroatoms. The lowest BCUT2D eigenvalue weighted by atomic mass is 10.2. The predicted molar refractivity (Wildman–Crippen MR) is 72.3 cm³/mol. The Kier molecular flexibility index (Phi) is 3.93. The van der Waals surface area contributed by atoms with E-state index in [0.717, 1.165) is 13.1 Å². The molecule has 0 saturated carbocycles. The highest BCUT2D eigenvalue weighted by Gasteiger charge is 2.23. The maximum absolute atomic E-state index is 12.2. The molecular formula is C11H17N5OS. The molecule has 1 fully saturated rings. The van der Waals surface area contributed by atoms with Crippen molar-refractivity contribution < 1.29 is 4.79 Å². The second kappa shape index (κ2) is 5.45. The number of hydrogen-bond acceptors (Lipinski definition) is 4. The minimum absolute atomic E-state index is 0.0324. The van der Waals surface area contributed by atoms with Crippen LogP contribution in [0.4, 0.5) is 0 Å². The van der Waals surface area contributed by atoms with E-state index in [-0.39, 0.29) is 5.91 Å². The van der Waals surface area contributed by atoms with Crippen molar-refractivity contribution in [3.63, 3.8) is 0 Å².